The predicted octanol–water partition coefficient (Wildman–Crippen LogP) is 3.81. The third-order valence-corrected chi connectivity index (χ3v) is 2.53. The molecule has 3 aromatic rings. The molecule has 0 saturated carbocycles. The maximum Gasteiger partial charge on any atom is 0.146 e. The Kier molecular flexibility index (Phi) is 2.54. The van der Waals surface area contributed by atoms with E-state index in [2.05, 4.69) is 6.07 Å². The largest absolute Gasteiger partial charge is 0.485 e. The Labute approximate surface area is 99.4 Å². The molecule has 0 amide bonds. The van der Waals surface area contributed by atoms with Crippen LogP contribution in [0.5, 0.6) is 5.75 Å². The van der Waals surface area contributed by atoms with Crippen molar-refractivity contribution in [2.75, 3.05) is 0 Å². The van der Waals surface area contributed by atoms with Crippen LogP contribution in [0.3, 0.4) is 0 Å². The van der Waals surface area contributed by atoms with E-state index in [1.165, 1.54) is 0 Å². The second-order valence-electron chi connectivity index (χ2n) is 3.77. The molecule has 0 aliphatic heterocycles. The fourth-order valence-corrected chi connectivity index (χ4v) is 1.72. The van der Waals surface area contributed by atoms with Crippen molar-refractivity contribution in [3.05, 3.63) is 66.4 Å². The van der Waals surface area contributed by atoms with E-state index in [4.69, 9.17) is 9.15 Å². The molecule has 83 valence electrons. The lowest BCUT2D eigenvalue weighted by Crippen LogP contribution is -1.92. The van der Waals surface area contributed by atoms with Crippen LogP contribution in [0.1, 0.15) is 5.76 Å². The summed E-state index contributed by atoms with van der Waals surface area (Å²) in [6.07, 6.45) is 0. The van der Waals surface area contributed by atoms with Gasteiger partial charge in [0.25, 0.3) is 0 Å². The minimum absolute atomic E-state index is 0.426. The van der Waals surface area contributed by atoms with E-state index >= 15 is 0 Å². The molecule has 3 rings (SSSR count). The lowest BCUT2D eigenvalue weighted by Gasteiger charge is -2.01. The van der Waals surface area contributed by atoms with Crippen molar-refractivity contribution in [1.29, 1.82) is 0 Å². The molecule has 0 fully saturated rings. The Hall–Kier alpha value is -2.22. The van der Waals surface area contributed by atoms with Crippen molar-refractivity contribution < 1.29 is 9.15 Å². The van der Waals surface area contributed by atoms with Crippen molar-refractivity contribution in [2.24, 2.45) is 0 Å². The standard InChI is InChI=1S/C15H11O2/c1-2-7-13(8-3-1)16-11-14-10-12-6-4-5-9-15(12)17-14/h1-7,9-10H,11H2. The summed E-state index contributed by atoms with van der Waals surface area (Å²) >= 11 is 0. The highest BCUT2D eigenvalue weighted by molar-refractivity contribution is 5.77. The van der Waals surface area contributed by atoms with Gasteiger partial charge in [-0.15, -0.1) is 0 Å². The first-order valence-electron chi connectivity index (χ1n) is 5.49. The Morgan fingerprint density at radius 3 is 2.76 bits per heavy atom. The zero-order valence-electron chi connectivity index (χ0n) is 9.22. The van der Waals surface area contributed by atoms with Crippen molar-refractivity contribution in [3.63, 3.8) is 0 Å². The molecule has 0 aliphatic rings. The zero-order valence-corrected chi connectivity index (χ0v) is 9.22. The van der Waals surface area contributed by atoms with E-state index in [0.717, 1.165) is 22.5 Å². The topological polar surface area (TPSA) is 22.4 Å². The smallest absolute Gasteiger partial charge is 0.146 e. The van der Waals surface area contributed by atoms with Crippen molar-refractivity contribution >= 4 is 11.0 Å². The summed E-state index contributed by atoms with van der Waals surface area (Å²) in [5, 5.41) is 1.10. The molecule has 0 spiro atoms. The summed E-state index contributed by atoms with van der Waals surface area (Å²) in [6.45, 7) is 0.426. The molecular formula is C15H11O2. The van der Waals surface area contributed by atoms with Crippen LogP contribution >= 0.6 is 0 Å². The number of rotatable bonds is 3. The van der Waals surface area contributed by atoms with Gasteiger partial charge < -0.3 is 9.15 Å². The number of hydrogen-bond acceptors (Lipinski definition) is 2. The average molecular weight is 223 g/mol. The molecule has 1 aromatic heterocycles. The van der Waals surface area contributed by atoms with Gasteiger partial charge in [-0.3, -0.25) is 0 Å². The SMILES string of the molecule is [c]1ccccc1OCc1cc2ccccc2o1. The highest BCUT2D eigenvalue weighted by Crippen LogP contribution is 2.20. The van der Waals surface area contributed by atoms with E-state index in [-0.39, 0.29) is 0 Å². The second-order valence-corrected chi connectivity index (χ2v) is 3.77. The number of para-hydroxylation sites is 2. The maximum absolute atomic E-state index is 5.65. The number of fused-ring (bicyclic) bond motifs is 1. The van der Waals surface area contributed by atoms with E-state index in [1.54, 1.807) is 0 Å². The van der Waals surface area contributed by atoms with Crippen LogP contribution in [0.25, 0.3) is 11.0 Å². The molecule has 1 heterocycles. The summed E-state index contributed by atoms with van der Waals surface area (Å²) in [4.78, 5) is 0. The second kappa shape index (κ2) is 4.34. The molecule has 2 heteroatoms. The molecule has 0 atom stereocenters. The van der Waals surface area contributed by atoms with E-state index in [1.807, 2.05) is 54.6 Å². The van der Waals surface area contributed by atoms with Gasteiger partial charge in [0.05, 0.1) is 0 Å². The van der Waals surface area contributed by atoms with Gasteiger partial charge in [0.15, 0.2) is 0 Å². The number of furan rings is 1. The molecule has 0 unspecified atom stereocenters. The minimum Gasteiger partial charge on any atom is -0.485 e. The van der Waals surface area contributed by atoms with Crippen molar-refractivity contribution in [3.8, 4) is 5.75 Å². The number of ether oxygens (including phenoxy) is 1. The highest BCUT2D eigenvalue weighted by Gasteiger charge is 2.03. The highest BCUT2D eigenvalue weighted by atomic mass is 16.5. The number of benzene rings is 2. The first-order chi connectivity index (χ1) is 8.42. The minimum atomic E-state index is 0.426. The Bertz CT molecular complexity index is 578. The van der Waals surface area contributed by atoms with Gasteiger partial charge in [0.2, 0.25) is 0 Å². The average Bonchev–Trinajstić information content (AvgIpc) is 2.80. The van der Waals surface area contributed by atoms with Gasteiger partial charge in [-0.25, -0.2) is 0 Å². The number of hydrogen-bond donors (Lipinski definition) is 0. The van der Waals surface area contributed by atoms with E-state index in [0.29, 0.717) is 6.61 Å². The third kappa shape index (κ3) is 2.16. The Morgan fingerprint density at radius 1 is 1.06 bits per heavy atom. The van der Waals surface area contributed by atoms with Gasteiger partial charge in [0.1, 0.15) is 23.7 Å². The Morgan fingerprint density at radius 2 is 1.94 bits per heavy atom. The van der Waals surface area contributed by atoms with Gasteiger partial charge >= 0.3 is 0 Å². The molecule has 1 radical (unpaired) electrons. The molecular weight excluding hydrogens is 212 g/mol. The van der Waals surface area contributed by atoms with Gasteiger partial charge in [-0.05, 0) is 18.2 Å². The quantitative estimate of drug-likeness (QED) is 0.673. The summed E-state index contributed by atoms with van der Waals surface area (Å²) < 4.78 is 11.2. The van der Waals surface area contributed by atoms with Crippen molar-refractivity contribution in [1.82, 2.24) is 0 Å². The molecule has 0 bridgehead atoms. The lowest BCUT2D eigenvalue weighted by atomic mass is 10.2. The van der Waals surface area contributed by atoms with Crippen LogP contribution in [-0.2, 0) is 6.61 Å². The fourth-order valence-electron chi connectivity index (χ4n) is 1.72. The van der Waals surface area contributed by atoms with Crippen LogP contribution < -0.4 is 4.74 Å². The van der Waals surface area contributed by atoms with Crippen LogP contribution in [-0.4, -0.2) is 0 Å². The van der Waals surface area contributed by atoms with Gasteiger partial charge in [0, 0.05) is 11.5 Å². The summed E-state index contributed by atoms with van der Waals surface area (Å²) in [7, 11) is 0. The monoisotopic (exact) mass is 223 g/mol. The van der Waals surface area contributed by atoms with Crippen LogP contribution in [0.15, 0.2) is 59.0 Å². The van der Waals surface area contributed by atoms with Crippen molar-refractivity contribution in [2.45, 2.75) is 6.61 Å². The molecule has 0 N–H and O–H groups in total. The summed E-state index contributed by atoms with van der Waals surface area (Å²) in [5.74, 6) is 1.55. The molecule has 17 heavy (non-hydrogen) atoms. The predicted molar refractivity (Wildman–Crippen MR) is 65.8 cm³/mol. The van der Waals surface area contributed by atoms with Gasteiger partial charge in [-0.2, -0.15) is 0 Å². The lowest BCUT2D eigenvalue weighted by molar-refractivity contribution is 0.274. The zero-order chi connectivity index (χ0) is 11.5. The van der Waals surface area contributed by atoms with Crippen LogP contribution in [0.4, 0.5) is 0 Å². The third-order valence-electron chi connectivity index (χ3n) is 2.53. The normalized spacial score (nSPS) is 10.6. The molecule has 2 nitrogen and oxygen atoms in total. The van der Waals surface area contributed by atoms with E-state index < -0.39 is 0 Å². The summed E-state index contributed by atoms with van der Waals surface area (Å²) in [6, 6.07) is 20.5. The van der Waals surface area contributed by atoms with Crippen LogP contribution in [0, 0.1) is 6.07 Å². The maximum atomic E-state index is 5.65. The fraction of sp³-hybridized carbons (Fsp3) is 0.0667. The van der Waals surface area contributed by atoms with Gasteiger partial charge in [-0.1, -0.05) is 36.4 Å². The first kappa shape index (κ1) is 9.97. The van der Waals surface area contributed by atoms with Crippen LogP contribution in [0.2, 0.25) is 0 Å². The van der Waals surface area contributed by atoms with E-state index in [9.17, 15) is 0 Å². The molecule has 2 aromatic carbocycles. The molecule has 0 saturated heterocycles. The first-order valence-corrected chi connectivity index (χ1v) is 5.49. The Balaban J connectivity index is 1.77. The molecule has 0 aliphatic carbocycles. The summed E-state index contributed by atoms with van der Waals surface area (Å²) in [5.41, 5.74) is 0.892.